The molecule has 1 aromatic carbocycles. The fourth-order valence-electron chi connectivity index (χ4n) is 4.18. The number of nitrogens with one attached hydrogen (secondary N) is 2. The molecule has 35 heavy (non-hydrogen) atoms. The van der Waals surface area contributed by atoms with Crippen LogP contribution in [0.2, 0.25) is 0 Å². The van der Waals surface area contributed by atoms with Gasteiger partial charge in [-0.25, -0.2) is 9.18 Å². The van der Waals surface area contributed by atoms with Crippen LogP contribution < -0.4 is 15.5 Å². The third kappa shape index (κ3) is 5.20. The van der Waals surface area contributed by atoms with Crippen molar-refractivity contribution in [1.82, 2.24) is 25.3 Å². The molecule has 0 radical (unpaired) electrons. The molecule has 8 nitrogen and oxygen atoms in total. The minimum atomic E-state index is -4.79. The van der Waals surface area contributed by atoms with E-state index in [0.29, 0.717) is 32.0 Å². The number of hydrogen-bond acceptors (Lipinski definition) is 5. The van der Waals surface area contributed by atoms with Crippen LogP contribution in [0.3, 0.4) is 0 Å². The Morgan fingerprint density at radius 3 is 2.43 bits per heavy atom. The molecule has 0 saturated carbocycles. The van der Waals surface area contributed by atoms with Crippen LogP contribution in [0, 0.1) is 19.7 Å². The fourth-order valence-corrected chi connectivity index (χ4v) is 4.18. The molecular formula is C23H25F4N7O. The molecule has 2 amide bonds. The fraction of sp³-hybridized carbons (Fsp3) is 0.391. The Morgan fingerprint density at radius 2 is 1.80 bits per heavy atom. The van der Waals surface area contributed by atoms with Crippen molar-refractivity contribution in [1.29, 1.82) is 0 Å². The summed E-state index contributed by atoms with van der Waals surface area (Å²) in [5.74, 6) is -0.268. The van der Waals surface area contributed by atoms with E-state index in [4.69, 9.17) is 0 Å². The Hall–Kier alpha value is -3.70. The normalized spacial score (nSPS) is 14.8. The van der Waals surface area contributed by atoms with Crippen molar-refractivity contribution in [3.63, 3.8) is 0 Å². The maximum atomic E-state index is 13.3. The second kappa shape index (κ2) is 9.51. The molecular weight excluding hydrogens is 466 g/mol. The van der Waals surface area contributed by atoms with Crippen molar-refractivity contribution in [3.8, 4) is 11.4 Å². The van der Waals surface area contributed by atoms with Gasteiger partial charge in [-0.2, -0.15) is 18.3 Å². The highest BCUT2D eigenvalue weighted by Gasteiger charge is 2.34. The van der Waals surface area contributed by atoms with E-state index < -0.39 is 29.3 Å². The Kier molecular flexibility index (Phi) is 6.64. The molecule has 1 fully saturated rings. The second-order valence-electron chi connectivity index (χ2n) is 8.51. The highest BCUT2D eigenvalue weighted by Crippen LogP contribution is 2.35. The van der Waals surface area contributed by atoms with Gasteiger partial charge in [0.1, 0.15) is 11.5 Å². The van der Waals surface area contributed by atoms with E-state index in [9.17, 15) is 22.4 Å². The number of carbonyl (C=O) groups is 1. The number of urea groups is 1. The van der Waals surface area contributed by atoms with Crippen molar-refractivity contribution < 1.29 is 22.4 Å². The van der Waals surface area contributed by atoms with Crippen molar-refractivity contribution in [3.05, 3.63) is 53.0 Å². The van der Waals surface area contributed by atoms with Crippen molar-refractivity contribution in [2.24, 2.45) is 7.05 Å². The van der Waals surface area contributed by atoms with Crippen LogP contribution in [0.1, 0.15) is 29.5 Å². The molecule has 0 atom stereocenters. The van der Waals surface area contributed by atoms with Crippen molar-refractivity contribution in [2.45, 2.75) is 38.9 Å². The molecule has 3 heterocycles. The van der Waals surface area contributed by atoms with Gasteiger partial charge < -0.3 is 15.5 Å². The summed E-state index contributed by atoms with van der Waals surface area (Å²) in [6, 6.07) is 3.01. The van der Waals surface area contributed by atoms with Crippen LogP contribution in [0.5, 0.6) is 0 Å². The van der Waals surface area contributed by atoms with E-state index in [-0.39, 0.29) is 6.04 Å². The summed E-state index contributed by atoms with van der Waals surface area (Å²) in [5, 5.41) is 17.9. The quantitative estimate of drug-likeness (QED) is 0.527. The molecule has 0 unspecified atom stereocenters. The molecule has 0 aliphatic carbocycles. The molecule has 1 aliphatic rings. The molecule has 0 spiro atoms. The van der Waals surface area contributed by atoms with E-state index in [0.717, 1.165) is 40.5 Å². The topological polar surface area (TPSA) is 88.0 Å². The summed E-state index contributed by atoms with van der Waals surface area (Å²) in [7, 11) is 1.84. The van der Waals surface area contributed by atoms with Crippen LogP contribution in [0.15, 0.2) is 30.5 Å². The van der Waals surface area contributed by atoms with Crippen LogP contribution in [-0.2, 0) is 13.2 Å². The number of piperidine rings is 1. The van der Waals surface area contributed by atoms with Gasteiger partial charge in [0.05, 0.1) is 16.9 Å². The number of aromatic nitrogens is 4. The Balaban J connectivity index is 1.38. The summed E-state index contributed by atoms with van der Waals surface area (Å²) in [5.41, 5.74) is 1.89. The Labute approximate surface area is 199 Å². The number of rotatable bonds is 4. The number of anilines is 2. The first kappa shape index (κ1) is 24.4. The third-order valence-corrected chi connectivity index (χ3v) is 6.23. The van der Waals surface area contributed by atoms with Gasteiger partial charge >= 0.3 is 12.2 Å². The van der Waals surface area contributed by atoms with Gasteiger partial charge in [-0.1, -0.05) is 0 Å². The van der Waals surface area contributed by atoms with Crippen LogP contribution in [0.25, 0.3) is 11.4 Å². The molecule has 3 aromatic rings. The molecule has 1 saturated heterocycles. The standard InChI is InChI=1S/C23H25F4N7O/c1-13-14(2)21(32-31-20(13)19-6-9-28-33(19)3)34-10-7-16(8-11-34)29-22(35)30-18-5-4-15(24)12-17(18)23(25,26)27/h4-6,9,12,16H,7-8,10-11H2,1-3H3,(H2,29,30,35). The Bertz CT molecular complexity index is 1230. The number of halogens is 4. The number of aryl methyl sites for hydroxylation is 1. The number of hydrogen-bond donors (Lipinski definition) is 2. The number of alkyl halides is 3. The largest absolute Gasteiger partial charge is 0.418 e. The summed E-state index contributed by atoms with van der Waals surface area (Å²) in [6.07, 6.45) is -1.94. The minimum absolute atomic E-state index is 0.232. The Morgan fingerprint density at radius 1 is 1.09 bits per heavy atom. The number of nitrogens with zero attached hydrogens (tertiary/aromatic N) is 5. The molecule has 1 aliphatic heterocycles. The van der Waals surface area contributed by atoms with Gasteiger partial charge in [0, 0.05) is 32.4 Å². The predicted molar refractivity (Wildman–Crippen MR) is 122 cm³/mol. The summed E-state index contributed by atoms with van der Waals surface area (Å²) in [6.45, 7) is 5.15. The van der Waals surface area contributed by atoms with Gasteiger partial charge in [-0.05, 0) is 62.1 Å². The lowest BCUT2D eigenvalue weighted by Gasteiger charge is -2.34. The first-order chi connectivity index (χ1) is 16.5. The van der Waals surface area contributed by atoms with E-state index >= 15 is 0 Å². The lowest BCUT2D eigenvalue weighted by Crippen LogP contribution is -2.46. The summed E-state index contributed by atoms with van der Waals surface area (Å²) >= 11 is 0. The zero-order valence-electron chi connectivity index (χ0n) is 19.4. The lowest BCUT2D eigenvalue weighted by atomic mass is 10.0. The number of amides is 2. The highest BCUT2D eigenvalue weighted by atomic mass is 19.4. The van der Waals surface area contributed by atoms with Crippen molar-refractivity contribution >= 4 is 17.5 Å². The second-order valence-corrected chi connectivity index (χ2v) is 8.51. The summed E-state index contributed by atoms with van der Waals surface area (Å²) in [4.78, 5) is 14.4. The van der Waals surface area contributed by atoms with E-state index in [1.165, 1.54) is 0 Å². The van der Waals surface area contributed by atoms with E-state index in [1.807, 2.05) is 27.0 Å². The zero-order chi connectivity index (χ0) is 25.3. The zero-order valence-corrected chi connectivity index (χ0v) is 19.4. The molecule has 4 rings (SSSR count). The maximum Gasteiger partial charge on any atom is 0.418 e. The monoisotopic (exact) mass is 491 g/mol. The van der Waals surface area contributed by atoms with Crippen molar-refractivity contribution in [2.75, 3.05) is 23.3 Å². The molecule has 12 heteroatoms. The SMILES string of the molecule is Cc1c(-c2ccnn2C)nnc(N2CCC(NC(=O)Nc3ccc(F)cc3C(F)(F)F)CC2)c1C. The van der Waals surface area contributed by atoms with E-state index in [1.54, 1.807) is 10.9 Å². The maximum absolute atomic E-state index is 13.3. The van der Waals surface area contributed by atoms with E-state index in [2.05, 4.69) is 30.8 Å². The van der Waals surface area contributed by atoms with Crippen LogP contribution in [0.4, 0.5) is 33.9 Å². The van der Waals surface area contributed by atoms with Crippen LogP contribution in [-0.4, -0.2) is 45.1 Å². The van der Waals surface area contributed by atoms with Crippen LogP contribution >= 0.6 is 0 Å². The van der Waals surface area contributed by atoms with Gasteiger partial charge in [0.2, 0.25) is 0 Å². The summed E-state index contributed by atoms with van der Waals surface area (Å²) < 4.78 is 54.5. The average molecular weight is 491 g/mol. The van der Waals surface area contributed by atoms with Gasteiger partial charge in [0.25, 0.3) is 0 Å². The third-order valence-electron chi connectivity index (χ3n) is 6.23. The predicted octanol–water partition coefficient (Wildman–Crippen LogP) is 4.44. The molecule has 2 N–H and O–H groups in total. The van der Waals surface area contributed by atoms with Gasteiger partial charge in [-0.3, -0.25) is 4.68 Å². The minimum Gasteiger partial charge on any atom is -0.355 e. The molecule has 186 valence electrons. The number of carbonyl (C=O) groups excluding carboxylic acids is 1. The first-order valence-electron chi connectivity index (χ1n) is 11.1. The smallest absolute Gasteiger partial charge is 0.355 e. The van der Waals surface area contributed by atoms with Gasteiger partial charge in [-0.15, -0.1) is 10.2 Å². The lowest BCUT2D eigenvalue weighted by molar-refractivity contribution is -0.137. The first-order valence-corrected chi connectivity index (χ1v) is 11.1. The highest BCUT2D eigenvalue weighted by molar-refractivity contribution is 5.90. The molecule has 0 bridgehead atoms. The van der Waals surface area contributed by atoms with Gasteiger partial charge in [0.15, 0.2) is 5.82 Å². The average Bonchev–Trinajstić information content (AvgIpc) is 3.22. The number of benzene rings is 1. The molecule has 2 aromatic heterocycles.